The molecular weight excluding hydrogens is 160 g/mol. The van der Waals surface area contributed by atoms with Crippen LogP contribution in [0.1, 0.15) is 53.9 Å². The van der Waals surface area contributed by atoms with E-state index in [9.17, 15) is 4.79 Å². The normalized spacial score (nSPS) is 13.8. The van der Waals surface area contributed by atoms with Crippen LogP contribution in [0.4, 0.5) is 0 Å². The number of Topliss-reactive ketones (excluding diaryl/α,β-unsaturated/α-hetero) is 1. The number of ketones is 1. The second-order valence-corrected chi connectivity index (χ2v) is 4.73. The van der Waals surface area contributed by atoms with Crippen LogP contribution in [0, 0.1) is 17.8 Å². The van der Waals surface area contributed by atoms with E-state index in [-0.39, 0.29) is 5.92 Å². The lowest BCUT2D eigenvalue weighted by atomic mass is 9.91. The molecule has 0 aromatic heterocycles. The van der Waals surface area contributed by atoms with Gasteiger partial charge in [-0.25, -0.2) is 0 Å². The van der Waals surface area contributed by atoms with Gasteiger partial charge >= 0.3 is 0 Å². The first-order valence-corrected chi connectivity index (χ1v) is 5.47. The minimum Gasteiger partial charge on any atom is -0.299 e. The monoisotopic (exact) mass is 184 g/mol. The van der Waals surface area contributed by atoms with E-state index in [1.165, 1.54) is 6.42 Å². The third-order valence-electron chi connectivity index (χ3n) is 2.86. The highest BCUT2D eigenvalue weighted by molar-refractivity contribution is 5.80. The Kier molecular flexibility index (Phi) is 6.02. The van der Waals surface area contributed by atoms with E-state index in [2.05, 4.69) is 20.8 Å². The van der Waals surface area contributed by atoms with E-state index in [0.717, 1.165) is 24.7 Å². The molecule has 78 valence electrons. The molecule has 0 saturated heterocycles. The van der Waals surface area contributed by atoms with E-state index in [4.69, 9.17) is 0 Å². The Bertz CT molecular complexity index is 147. The van der Waals surface area contributed by atoms with Gasteiger partial charge in [0.05, 0.1) is 0 Å². The van der Waals surface area contributed by atoms with Gasteiger partial charge in [-0.15, -0.1) is 0 Å². The van der Waals surface area contributed by atoms with Crippen molar-refractivity contribution in [3.05, 3.63) is 0 Å². The molecule has 0 saturated carbocycles. The number of carbonyl (C=O) groups is 1. The average Bonchev–Trinajstić information content (AvgIpc) is 2.03. The maximum Gasteiger partial charge on any atom is 0.135 e. The second kappa shape index (κ2) is 6.17. The summed E-state index contributed by atoms with van der Waals surface area (Å²) in [6.07, 6.45) is 3.03. The zero-order valence-corrected chi connectivity index (χ0v) is 9.76. The molecule has 0 rings (SSSR count). The average molecular weight is 184 g/mol. The van der Waals surface area contributed by atoms with Crippen molar-refractivity contribution in [1.82, 2.24) is 0 Å². The molecule has 0 aliphatic heterocycles. The SMILES string of the molecule is CC(C)C(=O)CCCC(C)C(C)C. The van der Waals surface area contributed by atoms with E-state index < -0.39 is 0 Å². The molecule has 0 aliphatic rings. The predicted octanol–water partition coefficient (Wildman–Crippen LogP) is 3.67. The van der Waals surface area contributed by atoms with Crippen molar-refractivity contribution >= 4 is 5.78 Å². The Hall–Kier alpha value is -0.330. The Morgan fingerprint density at radius 2 is 1.62 bits per heavy atom. The van der Waals surface area contributed by atoms with Crippen molar-refractivity contribution in [2.24, 2.45) is 17.8 Å². The molecule has 0 heterocycles. The van der Waals surface area contributed by atoms with Gasteiger partial charge in [0, 0.05) is 12.3 Å². The van der Waals surface area contributed by atoms with Crippen LogP contribution in [0.25, 0.3) is 0 Å². The first-order valence-electron chi connectivity index (χ1n) is 5.47. The maximum atomic E-state index is 11.3. The molecular formula is C12H24O. The van der Waals surface area contributed by atoms with Crippen molar-refractivity contribution in [2.45, 2.75) is 53.9 Å². The van der Waals surface area contributed by atoms with Crippen molar-refractivity contribution < 1.29 is 4.79 Å². The number of carbonyl (C=O) groups excluding carboxylic acids is 1. The minimum atomic E-state index is 0.217. The van der Waals surface area contributed by atoms with Gasteiger partial charge in [0.15, 0.2) is 0 Å². The molecule has 0 fully saturated rings. The van der Waals surface area contributed by atoms with Gasteiger partial charge in [0.25, 0.3) is 0 Å². The molecule has 0 spiro atoms. The van der Waals surface area contributed by atoms with E-state index >= 15 is 0 Å². The summed E-state index contributed by atoms with van der Waals surface area (Å²) in [7, 11) is 0. The maximum absolute atomic E-state index is 11.3. The summed E-state index contributed by atoms with van der Waals surface area (Å²) >= 11 is 0. The lowest BCUT2D eigenvalue weighted by Gasteiger charge is -2.14. The zero-order chi connectivity index (χ0) is 10.4. The molecule has 0 N–H and O–H groups in total. The van der Waals surface area contributed by atoms with Crippen LogP contribution in [0.5, 0.6) is 0 Å². The van der Waals surface area contributed by atoms with Crippen molar-refractivity contribution in [3.8, 4) is 0 Å². The van der Waals surface area contributed by atoms with Gasteiger partial charge in [-0.1, -0.05) is 41.0 Å². The molecule has 1 heteroatoms. The Balaban J connectivity index is 3.51. The van der Waals surface area contributed by atoms with Crippen LogP contribution in [0.2, 0.25) is 0 Å². The predicted molar refractivity (Wildman–Crippen MR) is 57.7 cm³/mol. The quantitative estimate of drug-likeness (QED) is 0.615. The number of rotatable bonds is 6. The fourth-order valence-electron chi connectivity index (χ4n) is 1.22. The van der Waals surface area contributed by atoms with E-state index in [0.29, 0.717) is 5.78 Å². The lowest BCUT2D eigenvalue weighted by Crippen LogP contribution is -2.09. The van der Waals surface area contributed by atoms with Crippen molar-refractivity contribution in [2.75, 3.05) is 0 Å². The standard InChI is InChI=1S/C12H24O/c1-9(2)11(5)7-6-8-12(13)10(3)4/h9-11H,6-8H2,1-5H3. The highest BCUT2D eigenvalue weighted by Crippen LogP contribution is 2.17. The summed E-state index contributed by atoms with van der Waals surface area (Å²) in [5.41, 5.74) is 0. The van der Waals surface area contributed by atoms with Crippen LogP contribution < -0.4 is 0 Å². The molecule has 0 aromatic rings. The summed E-state index contributed by atoms with van der Waals surface area (Å²) in [5, 5.41) is 0. The van der Waals surface area contributed by atoms with Gasteiger partial charge in [0.1, 0.15) is 5.78 Å². The first kappa shape index (κ1) is 12.7. The summed E-state index contributed by atoms with van der Waals surface area (Å²) < 4.78 is 0. The van der Waals surface area contributed by atoms with Gasteiger partial charge in [-0.3, -0.25) is 4.79 Å². The first-order chi connectivity index (χ1) is 5.95. The van der Waals surface area contributed by atoms with Gasteiger partial charge < -0.3 is 0 Å². The van der Waals surface area contributed by atoms with Gasteiger partial charge in [-0.2, -0.15) is 0 Å². The fourth-order valence-corrected chi connectivity index (χ4v) is 1.22. The summed E-state index contributed by atoms with van der Waals surface area (Å²) in [5.74, 6) is 2.12. The Morgan fingerprint density at radius 3 is 2.00 bits per heavy atom. The van der Waals surface area contributed by atoms with Crippen LogP contribution in [-0.2, 0) is 4.79 Å². The van der Waals surface area contributed by atoms with E-state index in [1.807, 2.05) is 13.8 Å². The highest BCUT2D eigenvalue weighted by atomic mass is 16.1. The third kappa shape index (κ3) is 5.84. The minimum absolute atomic E-state index is 0.217. The van der Waals surface area contributed by atoms with Crippen LogP contribution in [-0.4, -0.2) is 5.78 Å². The number of hydrogen-bond acceptors (Lipinski definition) is 1. The Morgan fingerprint density at radius 1 is 1.08 bits per heavy atom. The molecule has 0 amide bonds. The Labute approximate surface area is 82.9 Å². The molecule has 13 heavy (non-hydrogen) atoms. The lowest BCUT2D eigenvalue weighted by molar-refractivity contribution is -0.122. The topological polar surface area (TPSA) is 17.1 Å². The largest absolute Gasteiger partial charge is 0.299 e. The van der Waals surface area contributed by atoms with Crippen LogP contribution in [0.15, 0.2) is 0 Å². The second-order valence-electron chi connectivity index (χ2n) is 4.73. The highest BCUT2D eigenvalue weighted by Gasteiger charge is 2.10. The molecule has 1 nitrogen and oxygen atoms in total. The third-order valence-corrected chi connectivity index (χ3v) is 2.86. The van der Waals surface area contributed by atoms with E-state index in [1.54, 1.807) is 0 Å². The summed E-state index contributed by atoms with van der Waals surface area (Å²) in [6.45, 7) is 10.7. The van der Waals surface area contributed by atoms with Gasteiger partial charge in [-0.05, 0) is 18.3 Å². The van der Waals surface area contributed by atoms with Gasteiger partial charge in [0.2, 0.25) is 0 Å². The molecule has 0 aliphatic carbocycles. The molecule has 0 radical (unpaired) electrons. The van der Waals surface area contributed by atoms with Crippen molar-refractivity contribution in [1.29, 1.82) is 0 Å². The number of hydrogen-bond donors (Lipinski definition) is 0. The van der Waals surface area contributed by atoms with Crippen LogP contribution in [0.3, 0.4) is 0 Å². The molecule has 1 atom stereocenters. The van der Waals surface area contributed by atoms with Crippen molar-refractivity contribution in [3.63, 3.8) is 0 Å². The summed E-state index contributed by atoms with van der Waals surface area (Å²) in [6, 6.07) is 0. The summed E-state index contributed by atoms with van der Waals surface area (Å²) in [4.78, 5) is 11.3. The zero-order valence-electron chi connectivity index (χ0n) is 9.76. The fraction of sp³-hybridized carbons (Fsp3) is 0.917. The van der Waals surface area contributed by atoms with Crippen LogP contribution >= 0.6 is 0 Å². The molecule has 1 unspecified atom stereocenters. The molecule has 0 aromatic carbocycles. The molecule has 0 bridgehead atoms. The smallest absolute Gasteiger partial charge is 0.135 e.